The zero-order valence-corrected chi connectivity index (χ0v) is 14.9. The van der Waals surface area contributed by atoms with Crippen LogP contribution in [0, 0.1) is 52.3 Å². The molecular formula is C21H30O3. The fourth-order valence-electron chi connectivity index (χ4n) is 8.83. The Morgan fingerprint density at radius 2 is 1.83 bits per heavy atom. The van der Waals surface area contributed by atoms with Crippen molar-refractivity contribution in [2.45, 2.75) is 70.5 Å². The number of aliphatic hydroxyl groups excluding tert-OH is 1. The quantitative estimate of drug-likeness (QED) is 0.718. The molecule has 6 fully saturated rings. The lowest BCUT2D eigenvalue weighted by molar-refractivity contribution is -0.225. The van der Waals surface area contributed by atoms with E-state index in [0.717, 1.165) is 38.5 Å². The number of hydrogen-bond donors (Lipinski definition) is 2. The molecule has 3 heteroatoms. The Morgan fingerprint density at radius 1 is 1.04 bits per heavy atom. The first-order valence-electron chi connectivity index (χ1n) is 10.3. The van der Waals surface area contributed by atoms with Crippen LogP contribution in [-0.4, -0.2) is 27.7 Å². The summed E-state index contributed by atoms with van der Waals surface area (Å²) in [6, 6.07) is 0. The van der Waals surface area contributed by atoms with E-state index in [9.17, 15) is 15.0 Å². The predicted molar refractivity (Wildman–Crippen MR) is 88.9 cm³/mol. The van der Waals surface area contributed by atoms with E-state index in [2.05, 4.69) is 13.8 Å². The predicted octanol–water partition coefficient (Wildman–Crippen LogP) is 2.79. The molecule has 0 heterocycles. The van der Waals surface area contributed by atoms with Gasteiger partial charge >= 0.3 is 0 Å². The maximum atomic E-state index is 12.9. The van der Waals surface area contributed by atoms with Crippen LogP contribution >= 0.6 is 0 Å². The van der Waals surface area contributed by atoms with Crippen molar-refractivity contribution in [3.8, 4) is 0 Å². The number of carbonyl (C=O) groups is 1. The van der Waals surface area contributed by atoms with Crippen molar-refractivity contribution in [2.24, 2.45) is 52.3 Å². The van der Waals surface area contributed by atoms with Gasteiger partial charge in [0, 0.05) is 17.8 Å². The van der Waals surface area contributed by atoms with Crippen LogP contribution in [0.1, 0.15) is 58.8 Å². The molecule has 6 rings (SSSR count). The van der Waals surface area contributed by atoms with Gasteiger partial charge in [0.25, 0.3) is 0 Å². The van der Waals surface area contributed by atoms with Gasteiger partial charge in [0.1, 0.15) is 5.78 Å². The highest BCUT2D eigenvalue weighted by Crippen LogP contribution is 2.78. The SMILES string of the molecule is CC12CCC3C(C4CC4[C@]4(O)CC(O)CCC34C)C1C1C[C@@H]1C2=O. The van der Waals surface area contributed by atoms with E-state index in [0.29, 0.717) is 53.6 Å². The fourth-order valence-corrected chi connectivity index (χ4v) is 8.83. The Labute approximate surface area is 144 Å². The molecule has 6 saturated carbocycles. The summed E-state index contributed by atoms with van der Waals surface area (Å²) in [5.74, 6) is 4.46. The molecular weight excluding hydrogens is 300 g/mol. The van der Waals surface area contributed by atoms with Crippen LogP contribution in [0.2, 0.25) is 0 Å². The highest BCUT2D eigenvalue weighted by atomic mass is 16.3. The Hall–Kier alpha value is -0.410. The Morgan fingerprint density at radius 3 is 2.62 bits per heavy atom. The topological polar surface area (TPSA) is 57.5 Å². The molecule has 24 heavy (non-hydrogen) atoms. The molecule has 0 aromatic carbocycles. The molecule has 0 aliphatic heterocycles. The zero-order valence-electron chi connectivity index (χ0n) is 14.9. The number of aliphatic hydroxyl groups is 2. The first kappa shape index (κ1) is 14.7. The summed E-state index contributed by atoms with van der Waals surface area (Å²) in [6.07, 6.45) is 6.50. The molecule has 0 aromatic heterocycles. The van der Waals surface area contributed by atoms with Crippen LogP contribution in [0.25, 0.3) is 0 Å². The molecule has 2 N–H and O–H groups in total. The number of carbonyl (C=O) groups excluding carboxylic acids is 1. The Kier molecular flexibility index (Phi) is 2.43. The minimum absolute atomic E-state index is 0.0497. The third-order valence-corrected chi connectivity index (χ3v) is 10.1. The van der Waals surface area contributed by atoms with Gasteiger partial charge in [-0.05, 0) is 79.4 Å². The van der Waals surface area contributed by atoms with Crippen LogP contribution in [0.4, 0.5) is 0 Å². The third-order valence-electron chi connectivity index (χ3n) is 10.1. The summed E-state index contributed by atoms with van der Waals surface area (Å²) in [6.45, 7) is 4.60. The number of ketones is 1. The van der Waals surface area contributed by atoms with E-state index < -0.39 is 5.60 Å². The molecule has 0 saturated heterocycles. The molecule has 6 aliphatic carbocycles. The van der Waals surface area contributed by atoms with Crippen molar-refractivity contribution in [3.63, 3.8) is 0 Å². The van der Waals surface area contributed by atoms with Crippen LogP contribution in [0.3, 0.4) is 0 Å². The summed E-state index contributed by atoms with van der Waals surface area (Å²) in [5, 5.41) is 21.9. The van der Waals surface area contributed by atoms with Gasteiger partial charge in [0.15, 0.2) is 0 Å². The Bertz CT molecular complexity index is 645. The summed E-state index contributed by atoms with van der Waals surface area (Å²) in [4.78, 5) is 12.9. The van der Waals surface area contributed by atoms with E-state index in [1.807, 2.05) is 0 Å². The van der Waals surface area contributed by atoms with Crippen molar-refractivity contribution in [3.05, 3.63) is 0 Å². The van der Waals surface area contributed by atoms with Gasteiger partial charge in [0.05, 0.1) is 11.7 Å². The Balaban J connectivity index is 1.45. The van der Waals surface area contributed by atoms with Crippen LogP contribution in [0.5, 0.6) is 0 Å². The molecule has 0 amide bonds. The lowest BCUT2D eigenvalue weighted by atomic mass is 9.43. The van der Waals surface area contributed by atoms with Gasteiger partial charge in [-0.1, -0.05) is 13.8 Å². The lowest BCUT2D eigenvalue weighted by Gasteiger charge is -2.63. The summed E-state index contributed by atoms with van der Waals surface area (Å²) >= 11 is 0. The monoisotopic (exact) mass is 330 g/mol. The summed E-state index contributed by atoms with van der Waals surface area (Å²) < 4.78 is 0. The van der Waals surface area contributed by atoms with E-state index in [1.165, 1.54) is 0 Å². The second kappa shape index (κ2) is 3.96. The van der Waals surface area contributed by atoms with Gasteiger partial charge in [0.2, 0.25) is 0 Å². The zero-order chi connectivity index (χ0) is 16.6. The molecule has 3 nitrogen and oxygen atoms in total. The molecule has 6 aliphatic rings. The fraction of sp³-hybridized carbons (Fsp3) is 0.952. The van der Waals surface area contributed by atoms with E-state index >= 15 is 0 Å². The molecule has 0 radical (unpaired) electrons. The van der Waals surface area contributed by atoms with Gasteiger partial charge in [-0.25, -0.2) is 0 Å². The van der Waals surface area contributed by atoms with Gasteiger partial charge in [-0.2, -0.15) is 0 Å². The second-order valence-electron chi connectivity index (χ2n) is 10.8. The molecule has 11 atom stereocenters. The summed E-state index contributed by atoms with van der Waals surface area (Å²) in [5.41, 5.74) is -0.760. The highest BCUT2D eigenvalue weighted by molar-refractivity contribution is 5.92. The smallest absolute Gasteiger partial charge is 0.142 e. The molecule has 0 bridgehead atoms. The molecule has 9 unspecified atom stereocenters. The lowest BCUT2D eigenvalue weighted by Crippen LogP contribution is -2.64. The number of fused-ring (bicyclic) bond motifs is 10. The van der Waals surface area contributed by atoms with Crippen molar-refractivity contribution in [2.75, 3.05) is 0 Å². The average Bonchev–Trinajstić information content (AvgIpc) is 3.41. The van der Waals surface area contributed by atoms with E-state index in [-0.39, 0.29) is 16.9 Å². The van der Waals surface area contributed by atoms with Crippen LogP contribution in [-0.2, 0) is 4.79 Å². The number of Topliss-reactive ketones (excluding diaryl/α,β-unsaturated/α-hetero) is 1. The average molecular weight is 330 g/mol. The highest BCUT2D eigenvalue weighted by Gasteiger charge is 2.78. The van der Waals surface area contributed by atoms with Crippen LogP contribution in [0.15, 0.2) is 0 Å². The first-order chi connectivity index (χ1) is 11.3. The maximum Gasteiger partial charge on any atom is 0.142 e. The summed E-state index contributed by atoms with van der Waals surface area (Å²) in [7, 11) is 0. The molecule has 0 aromatic rings. The van der Waals surface area contributed by atoms with Crippen molar-refractivity contribution < 1.29 is 15.0 Å². The van der Waals surface area contributed by atoms with Crippen molar-refractivity contribution >= 4 is 5.78 Å². The standard InChI is InChI=1S/C21H30O3/c1-19-5-4-14-16(17(19)11-7-12(11)18(19)23)13-8-15(13)21(24)9-10(22)3-6-20(14,21)2/h10-17,22,24H,3-9H2,1-2H3/t10?,11?,12-,13?,14?,15?,16?,17?,19?,20?,21+/m0/s1. The third kappa shape index (κ3) is 1.37. The minimum atomic E-state index is -0.657. The van der Waals surface area contributed by atoms with Gasteiger partial charge in [-0.3, -0.25) is 4.79 Å². The van der Waals surface area contributed by atoms with Crippen molar-refractivity contribution in [1.29, 1.82) is 0 Å². The van der Waals surface area contributed by atoms with E-state index in [1.54, 1.807) is 0 Å². The van der Waals surface area contributed by atoms with E-state index in [4.69, 9.17) is 0 Å². The van der Waals surface area contributed by atoms with Crippen molar-refractivity contribution in [1.82, 2.24) is 0 Å². The second-order valence-corrected chi connectivity index (χ2v) is 10.8. The van der Waals surface area contributed by atoms with Gasteiger partial charge < -0.3 is 10.2 Å². The molecule has 132 valence electrons. The van der Waals surface area contributed by atoms with Crippen LogP contribution < -0.4 is 0 Å². The molecule has 0 spiro atoms. The first-order valence-corrected chi connectivity index (χ1v) is 10.3. The normalized spacial score (nSPS) is 69.1. The number of hydrogen-bond acceptors (Lipinski definition) is 3. The number of rotatable bonds is 0. The van der Waals surface area contributed by atoms with Gasteiger partial charge in [-0.15, -0.1) is 0 Å². The maximum absolute atomic E-state index is 12.9. The largest absolute Gasteiger partial charge is 0.393 e. The minimum Gasteiger partial charge on any atom is -0.393 e.